The Kier molecular flexibility index (Phi) is 15.7. The first-order valence-electron chi connectivity index (χ1n) is 18.4. The number of allylic oxidation sites excluding steroid dienone is 3. The molecule has 0 saturated carbocycles. The van der Waals surface area contributed by atoms with Crippen LogP contribution in [0.2, 0.25) is 0 Å². The molecule has 2 fully saturated rings. The van der Waals surface area contributed by atoms with Gasteiger partial charge in [0.25, 0.3) is 0 Å². The maximum absolute atomic E-state index is 13.4. The van der Waals surface area contributed by atoms with Gasteiger partial charge in [0, 0.05) is 51.0 Å². The van der Waals surface area contributed by atoms with Crippen LogP contribution >= 0.6 is 0 Å². The maximum Gasteiger partial charge on any atom is 0.410 e. The third kappa shape index (κ3) is 13.2. The lowest BCUT2D eigenvalue weighted by Gasteiger charge is -2.34. The van der Waals surface area contributed by atoms with Gasteiger partial charge in [-0.25, -0.2) is 4.79 Å². The van der Waals surface area contributed by atoms with Crippen LogP contribution in [0, 0.1) is 11.8 Å². The van der Waals surface area contributed by atoms with Crippen molar-refractivity contribution in [3.63, 3.8) is 0 Å². The molecule has 0 aromatic carbocycles. The van der Waals surface area contributed by atoms with Crippen molar-refractivity contribution >= 4 is 12.1 Å². The molecule has 10 atom stereocenters. The largest absolute Gasteiger partial charge is 0.457 e. The maximum atomic E-state index is 13.4. The van der Waals surface area contributed by atoms with Crippen molar-refractivity contribution in [2.45, 2.75) is 142 Å². The van der Waals surface area contributed by atoms with Crippen molar-refractivity contribution in [3.05, 3.63) is 47.6 Å². The second-order valence-corrected chi connectivity index (χ2v) is 15.4. The molecule has 3 heterocycles. The number of aliphatic hydroxyl groups excluding tert-OH is 2. The Morgan fingerprint density at radius 1 is 1.20 bits per heavy atom. The van der Waals surface area contributed by atoms with Gasteiger partial charge in [0.05, 0.1) is 36.4 Å². The van der Waals surface area contributed by atoms with Gasteiger partial charge in [-0.1, -0.05) is 56.7 Å². The van der Waals surface area contributed by atoms with Crippen molar-refractivity contribution in [2.75, 3.05) is 32.7 Å². The minimum Gasteiger partial charge on any atom is -0.457 e. The second kappa shape index (κ2) is 18.8. The molecule has 2 saturated heterocycles. The Morgan fingerprint density at radius 2 is 1.92 bits per heavy atom. The molecule has 0 bridgehead atoms. The molecule has 11 heteroatoms. The van der Waals surface area contributed by atoms with E-state index >= 15 is 0 Å². The minimum absolute atomic E-state index is 0.0135. The van der Waals surface area contributed by atoms with Gasteiger partial charge in [0.15, 0.2) is 6.10 Å². The number of aliphatic hydroxyl groups is 4. The molecule has 4 N–H and O–H groups in total. The average Bonchev–Trinajstić information content (AvgIpc) is 3.84. The summed E-state index contributed by atoms with van der Waals surface area (Å²) in [5.41, 5.74) is -0.701. The number of amides is 1. The Balaban J connectivity index is 1.74. The molecule has 3 aliphatic heterocycles. The van der Waals surface area contributed by atoms with Gasteiger partial charge in [-0.2, -0.15) is 0 Å². The molecule has 284 valence electrons. The van der Waals surface area contributed by atoms with Crippen molar-refractivity contribution in [3.8, 4) is 0 Å². The summed E-state index contributed by atoms with van der Waals surface area (Å²) in [7, 11) is 0. The lowest BCUT2D eigenvalue weighted by molar-refractivity contribution is -0.151. The fourth-order valence-electron chi connectivity index (χ4n) is 6.63. The summed E-state index contributed by atoms with van der Waals surface area (Å²) >= 11 is 0. The first-order valence-corrected chi connectivity index (χ1v) is 18.4. The number of hydrogen-bond donors (Lipinski definition) is 4. The third-order valence-corrected chi connectivity index (χ3v) is 10.2. The Bertz CT molecular complexity index is 1240. The number of carbonyl (C=O) groups excluding carboxylic acids is 2. The van der Waals surface area contributed by atoms with E-state index in [1.807, 2.05) is 27.7 Å². The van der Waals surface area contributed by atoms with E-state index in [0.29, 0.717) is 31.5 Å². The van der Waals surface area contributed by atoms with E-state index in [0.717, 1.165) is 26.1 Å². The van der Waals surface area contributed by atoms with Gasteiger partial charge in [-0.3, -0.25) is 9.69 Å². The van der Waals surface area contributed by atoms with Crippen molar-refractivity contribution < 1.29 is 44.2 Å². The predicted octanol–water partition coefficient (Wildman–Crippen LogP) is 4.68. The average molecular weight is 705 g/mol. The summed E-state index contributed by atoms with van der Waals surface area (Å²) in [6.07, 6.45) is 8.69. The van der Waals surface area contributed by atoms with E-state index in [2.05, 4.69) is 24.8 Å². The van der Waals surface area contributed by atoms with Crippen molar-refractivity contribution in [1.82, 2.24) is 9.80 Å². The van der Waals surface area contributed by atoms with Crippen LogP contribution < -0.4 is 0 Å². The highest BCUT2D eigenvalue weighted by Crippen LogP contribution is 2.37. The highest BCUT2D eigenvalue weighted by atomic mass is 16.6. The van der Waals surface area contributed by atoms with Crippen LogP contribution in [0.15, 0.2) is 47.6 Å². The number of rotatable bonds is 11. The number of carbonyl (C=O) groups is 2. The van der Waals surface area contributed by atoms with Crippen LogP contribution in [-0.2, 0) is 19.0 Å². The SMILES string of the molecule is CCC(O)C(C)C1OC1CC(C)(O)/C=C/C=C(\C)C1OC(=O)CC(O)CCC(C)(O)C(OC(=O)N2CCCN(CC=C(C)C)CC2)/C=C/C1C. The number of esters is 1. The standard InChI is InChI=1S/C39H64N2O9/c1-9-31(43)29(6)36-32(48-36)25-38(7,46)17-10-12-27(4)35-28(5)13-14-33(39(8,47)18-15-30(42)24-34(44)50-35)49-37(45)41-20-11-19-40(22-23-41)21-16-26(2)3/h10,12-14,16-17,28-33,35-36,42-43,46-47H,9,11,15,18-25H2,1-8H3/b14-13+,17-10+,27-12+. The van der Waals surface area contributed by atoms with Crippen LogP contribution in [-0.4, -0.2) is 123 Å². The van der Waals surface area contributed by atoms with Crippen LogP contribution in [0.1, 0.15) is 93.9 Å². The fourth-order valence-corrected chi connectivity index (χ4v) is 6.63. The molecule has 0 aromatic heterocycles. The van der Waals surface area contributed by atoms with Crippen LogP contribution in [0.4, 0.5) is 4.79 Å². The molecule has 0 spiro atoms. The van der Waals surface area contributed by atoms with E-state index < -0.39 is 47.7 Å². The first-order chi connectivity index (χ1) is 23.4. The van der Waals surface area contributed by atoms with E-state index in [9.17, 15) is 30.0 Å². The lowest BCUT2D eigenvalue weighted by Crippen LogP contribution is -2.45. The molecule has 3 rings (SSSR count). The van der Waals surface area contributed by atoms with Gasteiger partial charge >= 0.3 is 12.1 Å². The van der Waals surface area contributed by atoms with Gasteiger partial charge in [-0.05, 0) is 72.0 Å². The fraction of sp³-hybridized carbons (Fsp3) is 0.744. The smallest absolute Gasteiger partial charge is 0.410 e. The Morgan fingerprint density at radius 3 is 2.60 bits per heavy atom. The van der Waals surface area contributed by atoms with Crippen molar-refractivity contribution in [1.29, 1.82) is 0 Å². The highest BCUT2D eigenvalue weighted by Gasteiger charge is 2.47. The normalized spacial score (nSPS) is 33.6. The molecule has 3 aliphatic rings. The molecular formula is C39H64N2O9. The minimum atomic E-state index is -1.50. The third-order valence-electron chi connectivity index (χ3n) is 10.2. The molecular weight excluding hydrogens is 640 g/mol. The summed E-state index contributed by atoms with van der Waals surface area (Å²) in [5.74, 6) is -0.957. The van der Waals surface area contributed by atoms with E-state index in [1.165, 1.54) is 5.57 Å². The van der Waals surface area contributed by atoms with E-state index in [-0.39, 0.29) is 43.3 Å². The van der Waals surface area contributed by atoms with Crippen LogP contribution in [0.25, 0.3) is 0 Å². The summed E-state index contributed by atoms with van der Waals surface area (Å²) in [5, 5.41) is 43.4. The number of nitrogens with zero attached hydrogens (tertiary/aromatic N) is 2. The first kappa shape index (κ1) is 41.9. The summed E-state index contributed by atoms with van der Waals surface area (Å²) in [6.45, 7) is 18.5. The zero-order valence-electron chi connectivity index (χ0n) is 31.6. The summed E-state index contributed by atoms with van der Waals surface area (Å²) < 4.78 is 17.6. The van der Waals surface area contributed by atoms with Gasteiger partial charge in [-0.15, -0.1) is 0 Å². The number of ether oxygens (including phenoxy) is 3. The van der Waals surface area contributed by atoms with Gasteiger partial charge < -0.3 is 39.5 Å². The van der Waals surface area contributed by atoms with E-state index in [4.69, 9.17) is 14.2 Å². The monoisotopic (exact) mass is 704 g/mol. The van der Waals surface area contributed by atoms with Gasteiger partial charge in [0.1, 0.15) is 11.7 Å². The molecule has 0 radical (unpaired) electrons. The summed E-state index contributed by atoms with van der Waals surface area (Å²) in [6, 6.07) is 0. The lowest BCUT2D eigenvalue weighted by atomic mass is 9.88. The second-order valence-electron chi connectivity index (χ2n) is 15.4. The number of hydrogen-bond acceptors (Lipinski definition) is 10. The summed E-state index contributed by atoms with van der Waals surface area (Å²) in [4.78, 5) is 30.3. The molecule has 11 nitrogen and oxygen atoms in total. The Labute approximate surface area is 299 Å². The molecule has 10 unspecified atom stereocenters. The topological polar surface area (TPSA) is 153 Å². The van der Waals surface area contributed by atoms with E-state index in [1.54, 1.807) is 49.1 Å². The zero-order valence-corrected chi connectivity index (χ0v) is 31.6. The Hall–Kier alpha value is -2.54. The van der Waals surface area contributed by atoms with Gasteiger partial charge in [0.2, 0.25) is 0 Å². The predicted molar refractivity (Wildman–Crippen MR) is 193 cm³/mol. The number of epoxide rings is 1. The highest BCUT2D eigenvalue weighted by molar-refractivity contribution is 5.70. The molecule has 1 amide bonds. The molecule has 0 aromatic rings. The van der Waals surface area contributed by atoms with Crippen molar-refractivity contribution in [2.24, 2.45) is 11.8 Å². The number of cyclic esters (lactones) is 1. The molecule has 50 heavy (non-hydrogen) atoms. The molecule has 0 aliphatic carbocycles. The van der Waals surface area contributed by atoms with Crippen LogP contribution in [0.5, 0.6) is 0 Å². The quantitative estimate of drug-likeness (QED) is 0.103. The van der Waals surface area contributed by atoms with Crippen LogP contribution in [0.3, 0.4) is 0 Å². The zero-order chi connectivity index (χ0) is 37.2.